The first-order valence-corrected chi connectivity index (χ1v) is 7.52. The number of hydrogen-bond donors (Lipinski definition) is 3. The summed E-state index contributed by atoms with van der Waals surface area (Å²) in [7, 11) is 0. The van der Waals surface area contributed by atoms with E-state index in [2.05, 4.69) is 4.98 Å². The highest BCUT2D eigenvalue weighted by atomic mass is 16.7. The standard InChI is InChI=1S/C18H13NO6/c20-16(21)7-12-11-5-10(18(22)23)1-3-13(11)19-17(12)9-2-4-14-15(6-9)25-8-24-14/h1-6,19H,7-8H2,(H,20,21)(H,22,23). The van der Waals surface area contributed by atoms with Crippen LogP contribution in [0.5, 0.6) is 11.5 Å². The summed E-state index contributed by atoms with van der Waals surface area (Å²) in [6, 6.07) is 9.95. The number of carboxylic acid groups (broad SMARTS) is 2. The van der Waals surface area contributed by atoms with E-state index in [4.69, 9.17) is 9.47 Å². The maximum absolute atomic E-state index is 11.3. The Bertz CT molecular complexity index is 1020. The van der Waals surface area contributed by atoms with E-state index in [0.717, 1.165) is 5.56 Å². The van der Waals surface area contributed by atoms with Gasteiger partial charge in [0.2, 0.25) is 6.79 Å². The number of aromatic nitrogens is 1. The zero-order valence-corrected chi connectivity index (χ0v) is 12.9. The number of aliphatic carboxylic acids is 1. The van der Waals surface area contributed by atoms with Crippen molar-refractivity contribution >= 4 is 22.8 Å². The molecule has 0 radical (unpaired) electrons. The fraction of sp³-hybridized carbons (Fsp3) is 0.111. The molecule has 0 spiro atoms. The average molecular weight is 339 g/mol. The van der Waals surface area contributed by atoms with Crippen molar-refractivity contribution in [2.24, 2.45) is 0 Å². The molecule has 4 rings (SSSR count). The zero-order valence-electron chi connectivity index (χ0n) is 12.9. The lowest BCUT2D eigenvalue weighted by Crippen LogP contribution is -2.01. The number of nitrogens with one attached hydrogen (secondary N) is 1. The Hall–Kier alpha value is -3.48. The molecule has 0 aliphatic carbocycles. The van der Waals surface area contributed by atoms with Crippen LogP contribution in [0.3, 0.4) is 0 Å². The summed E-state index contributed by atoms with van der Waals surface area (Å²) < 4.78 is 10.7. The minimum absolute atomic E-state index is 0.107. The van der Waals surface area contributed by atoms with Crippen LogP contribution in [-0.2, 0) is 11.2 Å². The first-order valence-electron chi connectivity index (χ1n) is 7.52. The van der Waals surface area contributed by atoms with Crippen LogP contribution in [0.4, 0.5) is 0 Å². The first-order chi connectivity index (χ1) is 12.0. The van der Waals surface area contributed by atoms with E-state index < -0.39 is 11.9 Å². The van der Waals surface area contributed by atoms with Gasteiger partial charge < -0.3 is 24.7 Å². The predicted octanol–water partition coefficient (Wildman–Crippen LogP) is 2.89. The summed E-state index contributed by atoms with van der Waals surface area (Å²) >= 11 is 0. The number of aromatic carboxylic acids is 1. The summed E-state index contributed by atoms with van der Waals surface area (Å²) in [4.78, 5) is 25.7. The Kier molecular flexibility index (Phi) is 3.35. The number of benzene rings is 2. The van der Waals surface area contributed by atoms with Crippen LogP contribution in [0.1, 0.15) is 15.9 Å². The van der Waals surface area contributed by atoms with Gasteiger partial charge in [-0.1, -0.05) is 0 Å². The molecule has 126 valence electrons. The van der Waals surface area contributed by atoms with Gasteiger partial charge in [0.15, 0.2) is 11.5 Å². The average Bonchev–Trinajstić information content (AvgIpc) is 3.18. The fourth-order valence-electron chi connectivity index (χ4n) is 3.01. The minimum Gasteiger partial charge on any atom is -0.481 e. The molecule has 1 aromatic heterocycles. The first kappa shape index (κ1) is 15.1. The Morgan fingerprint density at radius 1 is 1.04 bits per heavy atom. The van der Waals surface area contributed by atoms with Crippen molar-refractivity contribution in [2.75, 3.05) is 6.79 Å². The van der Waals surface area contributed by atoms with E-state index in [9.17, 15) is 19.8 Å². The molecule has 0 saturated heterocycles. The summed E-state index contributed by atoms with van der Waals surface area (Å²) in [5.74, 6) is -0.839. The maximum Gasteiger partial charge on any atom is 0.335 e. The van der Waals surface area contributed by atoms with E-state index in [-0.39, 0.29) is 18.8 Å². The van der Waals surface area contributed by atoms with Crippen molar-refractivity contribution in [1.82, 2.24) is 4.98 Å². The summed E-state index contributed by atoms with van der Waals surface area (Å²) in [6.45, 7) is 0.148. The molecule has 0 fully saturated rings. The molecular formula is C18H13NO6. The van der Waals surface area contributed by atoms with Crippen LogP contribution >= 0.6 is 0 Å². The van der Waals surface area contributed by atoms with Gasteiger partial charge in [-0.05, 0) is 42.0 Å². The lowest BCUT2D eigenvalue weighted by molar-refractivity contribution is -0.136. The Morgan fingerprint density at radius 3 is 2.60 bits per heavy atom. The van der Waals surface area contributed by atoms with E-state index in [1.807, 2.05) is 6.07 Å². The third kappa shape index (κ3) is 2.55. The monoisotopic (exact) mass is 339 g/mol. The highest BCUT2D eigenvalue weighted by molar-refractivity contribution is 5.99. The van der Waals surface area contributed by atoms with Gasteiger partial charge in [-0.25, -0.2) is 4.79 Å². The normalized spacial score (nSPS) is 12.5. The third-order valence-electron chi connectivity index (χ3n) is 4.14. The number of H-pyrrole nitrogens is 1. The highest BCUT2D eigenvalue weighted by Crippen LogP contribution is 2.38. The van der Waals surface area contributed by atoms with E-state index in [1.54, 1.807) is 18.2 Å². The van der Waals surface area contributed by atoms with Crippen molar-refractivity contribution in [3.05, 3.63) is 47.5 Å². The van der Waals surface area contributed by atoms with Crippen molar-refractivity contribution in [2.45, 2.75) is 6.42 Å². The van der Waals surface area contributed by atoms with Gasteiger partial charge in [0, 0.05) is 16.5 Å². The maximum atomic E-state index is 11.3. The predicted molar refractivity (Wildman–Crippen MR) is 88.2 cm³/mol. The third-order valence-corrected chi connectivity index (χ3v) is 4.14. The van der Waals surface area contributed by atoms with Crippen LogP contribution in [0.2, 0.25) is 0 Å². The quantitative estimate of drug-likeness (QED) is 0.674. The zero-order chi connectivity index (χ0) is 17.6. The number of fused-ring (bicyclic) bond motifs is 2. The minimum atomic E-state index is -1.06. The molecule has 0 unspecified atom stereocenters. The van der Waals surface area contributed by atoms with Gasteiger partial charge in [-0.15, -0.1) is 0 Å². The SMILES string of the molecule is O=C(O)Cc1c(-c2ccc3c(c2)OCO3)[nH]c2ccc(C(=O)O)cc12. The van der Waals surface area contributed by atoms with E-state index >= 15 is 0 Å². The number of hydrogen-bond acceptors (Lipinski definition) is 4. The van der Waals surface area contributed by atoms with Gasteiger partial charge >= 0.3 is 11.9 Å². The van der Waals surface area contributed by atoms with Gasteiger partial charge in [0.25, 0.3) is 0 Å². The number of rotatable bonds is 4. The Balaban J connectivity index is 1.93. The number of carbonyl (C=O) groups is 2. The second-order valence-electron chi connectivity index (χ2n) is 5.68. The van der Waals surface area contributed by atoms with Crippen molar-refractivity contribution < 1.29 is 29.3 Å². The van der Waals surface area contributed by atoms with Gasteiger partial charge in [-0.3, -0.25) is 4.79 Å². The largest absolute Gasteiger partial charge is 0.481 e. The van der Waals surface area contributed by atoms with Crippen molar-refractivity contribution in [3.63, 3.8) is 0 Å². The fourth-order valence-corrected chi connectivity index (χ4v) is 3.01. The smallest absolute Gasteiger partial charge is 0.335 e. The molecule has 7 heteroatoms. The topological polar surface area (TPSA) is 109 Å². The van der Waals surface area contributed by atoms with Gasteiger partial charge in [-0.2, -0.15) is 0 Å². The molecule has 0 bridgehead atoms. The molecule has 0 atom stereocenters. The molecule has 2 aromatic carbocycles. The number of carboxylic acids is 2. The Morgan fingerprint density at radius 2 is 1.84 bits per heavy atom. The van der Waals surface area contributed by atoms with E-state index in [0.29, 0.717) is 33.7 Å². The summed E-state index contributed by atoms with van der Waals surface area (Å²) in [5, 5.41) is 19.0. The molecule has 0 amide bonds. The summed E-state index contributed by atoms with van der Waals surface area (Å²) in [5.41, 5.74) is 2.68. The van der Waals surface area contributed by atoms with Crippen molar-refractivity contribution in [3.8, 4) is 22.8 Å². The second-order valence-corrected chi connectivity index (χ2v) is 5.68. The molecule has 1 aliphatic heterocycles. The molecular weight excluding hydrogens is 326 g/mol. The van der Waals surface area contributed by atoms with Gasteiger partial charge in [0.1, 0.15) is 0 Å². The Labute approximate surface area is 141 Å². The van der Waals surface area contributed by atoms with Gasteiger partial charge in [0.05, 0.1) is 17.7 Å². The molecule has 25 heavy (non-hydrogen) atoms. The molecule has 7 nitrogen and oxygen atoms in total. The molecule has 3 aromatic rings. The lowest BCUT2D eigenvalue weighted by Gasteiger charge is -2.05. The second kappa shape index (κ2) is 5.55. The number of ether oxygens (including phenoxy) is 2. The van der Waals surface area contributed by atoms with Crippen LogP contribution in [0, 0.1) is 0 Å². The van der Waals surface area contributed by atoms with Crippen LogP contribution in [-0.4, -0.2) is 33.9 Å². The summed E-state index contributed by atoms with van der Waals surface area (Å²) in [6.07, 6.45) is -0.229. The molecule has 0 saturated carbocycles. The van der Waals surface area contributed by atoms with E-state index in [1.165, 1.54) is 12.1 Å². The van der Waals surface area contributed by atoms with Crippen LogP contribution in [0.25, 0.3) is 22.2 Å². The van der Waals surface area contributed by atoms with Crippen molar-refractivity contribution in [1.29, 1.82) is 0 Å². The molecule has 3 N–H and O–H groups in total. The lowest BCUT2D eigenvalue weighted by atomic mass is 10.0. The van der Waals surface area contributed by atoms with Crippen LogP contribution in [0.15, 0.2) is 36.4 Å². The van der Waals surface area contributed by atoms with Crippen LogP contribution < -0.4 is 9.47 Å². The molecule has 2 heterocycles. The molecule has 1 aliphatic rings. The number of aromatic amines is 1. The highest BCUT2D eigenvalue weighted by Gasteiger charge is 2.20.